The van der Waals surface area contributed by atoms with E-state index in [9.17, 15) is 9.90 Å². The second kappa shape index (κ2) is 8.02. The molecule has 0 aliphatic carbocycles. The molecule has 19 heavy (non-hydrogen) atoms. The van der Waals surface area contributed by atoms with Crippen molar-refractivity contribution in [3.63, 3.8) is 0 Å². The molecule has 0 spiro atoms. The topological polar surface area (TPSA) is 59.7 Å². The van der Waals surface area contributed by atoms with E-state index in [-0.39, 0.29) is 5.97 Å². The Morgan fingerprint density at radius 2 is 2.26 bits per heavy atom. The van der Waals surface area contributed by atoms with Crippen LogP contribution in [0.15, 0.2) is 16.5 Å². The fourth-order valence-corrected chi connectivity index (χ4v) is 1.38. The van der Waals surface area contributed by atoms with Crippen molar-refractivity contribution in [2.24, 2.45) is 0 Å². The monoisotopic (exact) mass is 260 g/mol. The molecule has 1 aromatic heterocycles. The molecule has 1 aromatic rings. The van der Waals surface area contributed by atoms with Crippen molar-refractivity contribution in [3.05, 3.63) is 23.7 Å². The van der Waals surface area contributed by atoms with Crippen LogP contribution in [-0.2, 0) is 16.0 Å². The van der Waals surface area contributed by atoms with Crippen LogP contribution in [0.2, 0.25) is 0 Å². The first-order valence-electron chi connectivity index (χ1n) is 5.95. The molecule has 0 saturated heterocycles. The smallest absolute Gasteiger partial charge is 0.302 e. The van der Waals surface area contributed by atoms with Gasteiger partial charge in [-0.3, -0.25) is 4.79 Å². The molecule has 0 aromatic carbocycles. The minimum atomic E-state index is -0.969. The molecule has 1 heterocycles. The molecule has 1 N–H and O–H groups in total. The zero-order valence-corrected chi connectivity index (χ0v) is 11.0. The van der Waals surface area contributed by atoms with Crippen LogP contribution in [0.3, 0.4) is 0 Å². The van der Waals surface area contributed by atoms with Gasteiger partial charge in [-0.25, -0.2) is 0 Å². The minimum Gasteiger partial charge on any atom is -0.466 e. The van der Waals surface area contributed by atoms with Gasteiger partial charge in [-0.1, -0.05) is 5.92 Å². The molecule has 1 atom stereocenters. The highest BCUT2D eigenvalue weighted by Gasteiger charge is 2.09. The predicted molar refractivity (Wildman–Crippen MR) is 69.8 cm³/mol. The number of esters is 1. The third-order valence-electron chi connectivity index (χ3n) is 2.22. The standard InChI is InChI=1S/C15H16O4/c1-3-4-5-8-14(17)15-10-9-13(19-15)7-6-11-18-12(2)16/h9-10,14,17H,6-7,11H2,1-2H3. The van der Waals surface area contributed by atoms with E-state index in [0.717, 1.165) is 5.76 Å². The number of carbonyl (C=O) groups is 1. The summed E-state index contributed by atoms with van der Waals surface area (Å²) >= 11 is 0. The predicted octanol–water partition coefficient (Wildman–Crippen LogP) is 1.84. The van der Waals surface area contributed by atoms with Gasteiger partial charge in [-0.05, 0) is 43.2 Å². The van der Waals surface area contributed by atoms with Gasteiger partial charge in [0.2, 0.25) is 0 Å². The van der Waals surface area contributed by atoms with Gasteiger partial charge in [0.15, 0.2) is 6.10 Å². The van der Waals surface area contributed by atoms with E-state index in [4.69, 9.17) is 9.15 Å². The summed E-state index contributed by atoms with van der Waals surface area (Å²) in [5, 5.41) is 9.70. The summed E-state index contributed by atoms with van der Waals surface area (Å²) in [6, 6.07) is 3.46. The van der Waals surface area contributed by atoms with E-state index in [0.29, 0.717) is 25.2 Å². The molecular formula is C15H16O4. The van der Waals surface area contributed by atoms with Gasteiger partial charge in [0.05, 0.1) is 6.61 Å². The normalized spacial score (nSPS) is 10.7. The lowest BCUT2D eigenvalue weighted by molar-refractivity contribution is -0.141. The molecule has 0 bridgehead atoms. The number of ether oxygens (including phenoxy) is 1. The molecular weight excluding hydrogens is 244 g/mol. The third kappa shape index (κ3) is 5.81. The first-order chi connectivity index (χ1) is 9.13. The molecule has 0 radical (unpaired) electrons. The summed E-state index contributed by atoms with van der Waals surface area (Å²) in [6.07, 6.45) is 0.348. The molecule has 0 aliphatic rings. The summed E-state index contributed by atoms with van der Waals surface area (Å²) in [7, 11) is 0. The van der Waals surface area contributed by atoms with Gasteiger partial charge < -0.3 is 14.3 Å². The zero-order chi connectivity index (χ0) is 14.1. The summed E-state index contributed by atoms with van der Waals surface area (Å²) in [6.45, 7) is 3.41. The maximum Gasteiger partial charge on any atom is 0.302 e. The average molecular weight is 260 g/mol. The Morgan fingerprint density at radius 1 is 1.47 bits per heavy atom. The molecule has 0 amide bonds. The minimum absolute atomic E-state index is 0.289. The van der Waals surface area contributed by atoms with Gasteiger partial charge in [-0.15, -0.1) is 0 Å². The fourth-order valence-electron chi connectivity index (χ4n) is 1.38. The van der Waals surface area contributed by atoms with Crippen molar-refractivity contribution in [3.8, 4) is 23.7 Å². The van der Waals surface area contributed by atoms with Crippen LogP contribution in [0.25, 0.3) is 0 Å². The quantitative estimate of drug-likeness (QED) is 0.498. The molecule has 1 unspecified atom stereocenters. The van der Waals surface area contributed by atoms with Crippen molar-refractivity contribution in [2.75, 3.05) is 6.61 Å². The highest BCUT2D eigenvalue weighted by atomic mass is 16.5. The van der Waals surface area contributed by atoms with Crippen molar-refractivity contribution < 1.29 is 19.1 Å². The number of aryl methyl sites for hydroxylation is 1. The second-order valence-corrected chi connectivity index (χ2v) is 3.79. The lowest BCUT2D eigenvalue weighted by Crippen LogP contribution is -2.01. The Kier molecular flexibility index (Phi) is 6.29. The Balaban J connectivity index is 2.45. The van der Waals surface area contributed by atoms with Crippen LogP contribution >= 0.6 is 0 Å². The highest BCUT2D eigenvalue weighted by Crippen LogP contribution is 2.17. The molecule has 0 fully saturated rings. The van der Waals surface area contributed by atoms with Crippen LogP contribution < -0.4 is 0 Å². The van der Waals surface area contributed by atoms with Gasteiger partial charge in [0.1, 0.15) is 11.5 Å². The second-order valence-electron chi connectivity index (χ2n) is 3.79. The van der Waals surface area contributed by atoms with Gasteiger partial charge >= 0.3 is 5.97 Å². The van der Waals surface area contributed by atoms with E-state index >= 15 is 0 Å². The number of furan rings is 1. The SMILES string of the molecule is CC#CC#CC(O)c1ccc(CCCOC(C)=O)o1. The Morgan fingerprint density at radius 3 is 2.95 bits per heavy atom. The molecule has 4 nitrogen and oxygen atoms in total. The third-order valence-corrected chi connectivity index (χ3v) is 2.22. The van der Waals surface area contributed by atoms with E-state index in [1.165, 1.54) is 6.92 Å². The van der Waals surface area contributed by atoms with Crippen LogP contribution in [0.5, 0.6) is 0 Å². The highest BCUT2D eigenvalue weighted by molar-refractivity contribution is 5.65. The number of aliphatic hydroxyl groups excluding tert-OH is 1. The number of carbonyl (C=O) groups excluding carboxylic acids is 1. The van der Waals surface area contributed by atoms with E-state index in [1.54, 1.807) is 19.1 Å². The Labute approximate surface area is 112 Å². The number of hydrogen-bond acceptors (Lipinski definition) is 4. The Bertz CT molecular complexity index is 534. The number of rotatable bonds is 5. The van der Waals surface area contributed by atoms with Gasteiger partial charge in [-0.2, -0.15) is 0 Å². The first-order valence-corrected chi connectivity index (χ1v) is 5.95. The number of aliphatic hydroxyl groups is 1. The molecule has 0 aliphatic heterocycles. The van der Waals surface area contributed by atoms with Crippen molar-refractivity contribution in [1.29, 1.82) is 0 Å². The van der Waals surface area contributed by atoms with Crippen LogP contribution in [0.4, 0.5) is 0 Å². The summed E-state index contributed by atoms with van der Waals surface area (Å²) in [4.78, 5) is 10.6. The van der Waals surface area contributed by atoms with Crippen molar-refractivity contribution >= 4 is 5.97 Å². The van der Waals surface area contributed by atoms with E-state index in [2.05, 4.69) is 23.7 Å². The van der Waals surface area contributed by atoms with Gasteiger partial charge in [0.25, 0.3) is 0 Å². The molecule has 0 saturated carbocycles. The van der Waals surface area contributed by atoms with E-state index in [1.807, 2.05) is 0 Å². The maximum atomic E-state index is 10.6. The van der Waals surface area contributed by atoms with E-state index < -0.39 is 6.10 Å². The van der Waals surface area contributed by atoms with Crippen LogP contribution in [-0.4, -0.2) is 17.7 Å². The zero-order valence-electron chi connectivity index (χ0n) is 11.0. The summed E-state index contributed by atoms with van der Waals surface area (Å²) in [5.41, 5.74) is 0. The molecule has 100 valence electrons. The van der Waals surface area contributed by atoms with Crippen molar-refractivity contribution in [2.45, 2.75) is 32.8 Å². The Hall–Kier alpha value is -2.17. The largest absolute Gasteiger partial charge is 0.466 e. The van der Waals surface area contributed by atoms with Gasteiger partial charge in [0, 0.05) is 13.3 Å². The lowest BCUT2D eigenvalue weighted by Gasteiger charge is -2.00. The van der Waals surface area contributed by atoms with Crippen LogP contribution in [0.1, 0.15) is 37.9 Å². The lowest BCUT2D eigenvalue weighted by atomic mass is 10.2. The summed E-state index contributed by atoms with van der Waals surface area (Å²) in [5.74, 6) is 11.1. The molecule has 4 heteroatoms. The number of hydrogen-bond donors (Lipinski definition) is 1. The van der Waals surface area contributed by atoms with Crippen LogP contribution in [0, 0.1) is 23.7 Å². The maximum absolute atomic E-state index is 10.6. The summed E-state index contributed by atoms with van der Waals surface area (Å²) < 4.78 is 10.3. The first kappa shape index (κ1) is 14.9. The van der Waals surface area contributed by atoms with Crippen molar-refractivity contribution in [1.82, 2.24) is 0 Å². The average Bonchev–Trinajstić information content (AvgIpc) is 2.83. The molecule has 1 rings (SSSR count). The fraction of sp³-hybridized carbons (Fsp3) is 0.400.